The van der Waals surface area contributed by atoms with E-state index >= 15 is 0 Å². The van der Waals surface area contributed by atoms with Crippen LogP contribution in [0, 0.1) is 6.92 Å². The van der Waals surface area contributed by atoms with Gasteiger partial charge in [0, 0.05) is 10.9 Å². The summed E-state index contributed by atoms with van der Waals surface area (Å²) in [6, 6.07) is 18.2. The molecule has 0 fully saturated rings. The molecule has 0 aromatic heterocycles. The lowest BCUT2D eigenvalue weighted by Gasteiger charge is -2.20. The van der Waals surface area contributed by atoms with Crippen LogP contribution in [-0.2, 0) is 6.42 Å². The van der Waals surface area contributed by atoms with Crippen molar-refractivity contribution in [3.05, 3.63) is 65.2 Å². The van der Waals surface area contributed by atoms with Crippen LogP contribution in [0.4, 0.5) is 0 Å². The second kappa shape index (κ2) is 8.26. The van der Waals surface area contributed by atoms with E-state index in [-0.39, 0.29) is 0 Å². The van der Waals surface area contributed by atoms with Gasteiger partial charge in [0.2, 0.25) is 0 Å². The smallest absolute Gasteiger partial charge is 0.0360 e. The normalized spacial score (nSPS) is 12.3. The molecule has 0 heterocycles. The highest BCUT2D eigenvalue weighted by atomic mass is 32.2. The Morgan fingerprint density at radius 1 is 1.10 bits per heavy atom. The molecule has 2 rings (SSSR count). The fourth-order valence-corrected chi connectivity index (χ4v) is 2.95. The van der Waals surface area contributed by atoms with Gasteiger partial charge in [-0.15, -0.1) is 11.8 Å². The summed E-state index contributed by atoms with van der Waals surface area (Å²) in [7, 11) is 0. The van der Waals surface area contributed by atoms with Gasteiger partial charge in [0.25, 0.3) is 0 Å². The van der Waals surface area contributed by atoms with Crippen LogP contribution >= 0.6 is 11.8 Å². The third kappa shape index (κ3) is 4.90. The third-order valence-electron chi connectivity index (χ3n) is 3.68. The predicted molar refractivity (Wildman–Crippen MR) is 94.1 cm³/mol. The summed E-state index contributed by atoms with van der Waals surface area (Å²) in [5.41, 5.74) is 4.11. The first-order valence-electron chi connectivity index (χ1n) is 7.65. The molecule has 2 aromatic rings. The minimum absolute atomic E-state index is 0.391. The molecular weight excluding hydrogens is 274 g/mol. The molecular formula is C19H25NS. The van der Waals surface area contributed by atoms with E-state index in [2.05, 4.69) is 74.0 Å². The van der Waals surface area contributed by atoms with Gasteiger partial charge in [-0.1, -0.05) is 48.9 Å². The van der Waals surface area contributed by atoms with Crippen LogP contribution in [0.5, 0.6) is 0 Å². The summed E-state index contributed by atoms with van der Waals surface area (Å²) in [5, 5.41) is 3.68. The van der Waals surface area contributed by atoms with E-state index in [9.17, 15) is 0 Å². The Kier molecular flexibility index (Phi) is 6.34. The number of rotatable bonds is 7. The molecule has 112 valence electrons. The van der Waals surface area contributed by atoms with Crippen molar-refractivity contribution in [2.75, 3.05) is 12.8 Å². The second-order valence-corrected chi connectivity index (χ2v) is 6.35. The Hall–Kier alpha value is -1.25. The van der Waals surface area contributed by atoms with Crippen LogP contribution < -0.4 is 5.32 Å². The van der Waals surface area contributed by atoms with Crippen molar-refractivity contribution < 1.29 is 0 Å². The van der Waals surface area contributed by atoms with Gasteiger partial charge in [0.15, 0.2) is 0 Å². The molecule has 1 N–H and O–H groups in total. The Balaban J connectivity index is 2.16. The highest BCUT2D eigenvalue weighted by molar-refractivity contribution is 7.98. The molecule has 2 heteroatoms. The fourth-order valence-electron chi connectivity index (χ4n) is 2.54. The van der Waals surface area contributed by atoms with E-state index in [4.69, 9.17) is 0 Å². The molecule has 0 radical (unpaired) electrons. The molecule has 0 saturated carbocycles. The van der Waals surface area contributed by atoms with Gasteiger partial charge < -0.3 is 5.32 Å². The quantitative estimate of drug-likeness (QED) is 0.722. The number of thioether (sulfide) groups is 1. The topological polar surface area (TPSA) is 12.0 Å². The fraction of sp³-hybridized carbons (Fsp3) is 0.368. The summed E-state index contributed by atoms with van der Waals surface area (Å²) >= 11 is 1.79. The van der Waals surface area contributed by atoms with E-state index in [0.717, 1.165) is 19.4 Å². The molecule has 0 aliphatic carbocycles. The number of nitrogens with one attached hydrogen (secondary N) is 1. The monoisotopic (exact) mass is 299 g/mol. The maximum Gasteiger partial charge on any atom is 0.0360 e. The minimum Gasteiger partial charge on any atom is -0.310 e. The van der Waals surface area contributed by atoms with Crippen LogP contribution in [0.1, 0.15) is 36.1 Å². The van der Waals surface area contributed by atoms with Crippen molar-refractivity contribution in [2.24, 2.45) is 0 Å². The first kappa shape index (κ1) is 16.1. The van der Waals surface area contributed by atoms with Gasteiger partial charge in [0.1, 0.15) is 0 Å². The zero-order valence-corrected chi connectivity index (χ0v) is 14.0. The molecule has 21 heavy (non-hydrogen) atoms. The molecule has 0 aliphatic rings. The highest BCUT2D eigenvalue weighted by Gasteiger charge is 2.11. The number of benzene rings is 2. The maximum atomic E-state index is 3.68. The van der Waals surface area contributed by atoms with Gasteiger partial charge in [-0.2, -0.15) is 0 Å². The van der Waals surface area contributed by atoms with Crippen LogP contribution in [0.15, 0.2) is 53.4 Å². The SMILES string of the molecule is CCCNC(Cc1cccc(C)c1)c1ccc(SC)cc1. The third-order valence-corrected chi connectivity index (χ3v) is 4.42. The van der Waals surface area contributed by atoms with Crippen molar-refractivity contribution >= 4 is 11.8 Å². The van der Waals surface area contributed by atoms with Crippen molar-refractivity contribution in [3.63, 3.8) is 0 Å². The summed E-state index contributed by atoms with van der Waals surface area (Å²) in [6.07, 6.45) is 4.32. The first-order valence-corrected chi connectivity index (χ1v) is 8.88. The predicted octanol–water partition coefficient (Wildman–Crippen LogP) is 5.00. The first-order chi connectivity index (χ1) is 10.2. The van der Waals surface area contributed by atoms with Gasteiger partial charge in [0.05, 0.1) is 0 Å². The second-order valence-electron chi connectivity index (χ2n) is 5.47. The highest BCUT2D eigenvalue weighted by Crippen LogP contribution is 2.22. The van der Waals surface area contributed by atoms with Crippen molar-refractivity contribution in [1.29, 1.82) is 0 Å². The Morgan fingerprint density at radius 2 is 1.86 bits per heavy atom. The lowest BCUT2D eigenvalue weighted by molar-refractivity contribution is 0.529. The lowest BCUT2D eigenvalue weighted by atomic mass is 9.98. The maximum absolute atomic E-state index is 3.68. The van der Waals surface area contributed by atoms with Gasteiger partial charge >= 0.3 is 0 Å². The molecule has 0 amide bonds. The molecule has 0 bridgehead atoms. The van der Waals surface area contributed by atoms with Gasteiger partial charge in [-0.05, 0) is 55.8 Å². The van der Waals surface area contributed by atoms with E-state index in [0.29, 0.717) is 6.04 Å². The average molecular weight is 299 g/mol. The molecule has 0 saturated heterocycles. The van der Waals surface area contributed by atoms with Crippen molar-refractivity contribution in [3.8, 4) is 0 Å². The summed E-state index contributed by atoms with van der Waals surface area (Å²) in [5.74, 6) is 0. The van der Waals surface area contributed by atoms with Crippen molar-refractivity contribution in [2.45, 2.75) is 37.6 Å². The lowest BCUT2D eigenvalue weighted by Crippen LogP contribution is -2.24. The number of hydrogen-bond acceptors (Lipinski definition) is 2. The van der Waals surface area contributed by atoms with Gasteiger partial charge in [-0.25, -0.2) is 0 Å². The van der Waals surface area contributed by atoms with Crippen LogP contribution in [-0.4, -0.2) is 12.8 Å². The Labute approximate surface area is 133 Å². The van der Waals surface area contributed by atoms with E-state index < -0.39 is 0 Å². The zero-order chi connectivity index (χ0) is 15.1. The largest absolute Gasteiger partial charge is 0.310 e. The van der Waals surface area contributed by atoms with E-state index in [1.165, 1.54) is 21.6 Å². The molecule has 0 aliphatic heterocycles. The van der Waals surface area contributed by atoms with Crippen LogP contribution in [0.25, 0.3) is 0 Å². The Morgan fingerprint density at radius 3 is 2.48 bits per heavy atom. The van der Waals surface area contributed by atoms with E-state index in [1.54, 1.807) is 11.8 Å². The molecule has 1 nitrogen and oxygen atoms in total. The summed E-state index contributed by atoms with van der Waals surface area (Å²) in [6.45, 7) is 5.43. The molecule has 1 unspecified atom stereocenters. The van der Waals surface area contributed by atoms with Crippen molar-refractivity contribution in [1.82, 2.24) is 5.32 Å². The summed E-state index contributed by atoms with van der Waals surface area (Å²) < 4.78 is 0. The average Bonchev–Trinajstić information content (AvgIpc) is 2.51. The molecule has 2 aromatic carbocycles. The Bertz CT molecular complexity index is 548. The van der Waals surface area contributed by atoms with Gasteiger partial charge in [-0.3, -0.25) is 0 Å². The van der Waals surface area contributed by atoms with E-state index in [1.807, 2.05) is 0 Å². The minimum atomic E-state index is 0.391. The summed E-state index contributed by atoms with van der Waals surface area (Å²) in [4.78, 5) is 1.32. The standard InChI is InChI=1S/C19H25NS/c1-4-12-20-19(14-16-7-5-6-15(2)13-16)17-8-10-18(21-3)11-9-17/h5-11,13,19-20H,4,12,14H2,1-3H3. The number of aryl methyl sites for hydroxylation is 1. The molecule has 0 spiro atoms. The zero-order valence-electron chi connectivity index (χ0n) is 13.2. The number of hydrogen-bond donors (Lipinski definition) is 1. The molecule has 1 atom stereocenters. The van der Waals surface area contributed by atoms with Crippen LogP contribution in [0.3, 0.4) is 0 Å². The van der Waals surface area contributed by atoms with Crippen LogP contribution in [0.2, 0.25) is 0 Å².